The van der Waals surface area contributed by atoms with Crippen molar-refractivity contribution in [2.24, 2.45) is 0 Å². The molecule has 1 fully saturated rings. The lowest BCUT2D eigenvalue weighted by atomic mass is 10.0. The SMILES string of the molecule is FN(Cc1nnc(-c2ccc(C3CCOC3)cn2)s1)c1ccccc1. The van der Waals surface area contributed by atoms with E-state index in [0.29, 0.717) is 26.7 Å². The van der Waals surface area contributed by atoms with Gasteiger partial charge in [-0.15, -0.1) is 10.2 Å². The molecule has 128 valence electrons. The number of rotatable bonds is 5. The van der Waals surface area contributed by atoms with Crippen molar-refractivity contribution in [3.05, 3.63) is 59.2 Å². The summed E-state index contributed by atoms with van der Waals surface area (Å²) < 4.78 is 19.6. The first kappa shape index (κ1) is 16.1. The van der Waals surface area contributed by atoms with E-state index in [1.165, 1.54) is 16.9 Å². The number of benzene rings is 1. The number of nitrogens with zero attached hydrogens (tertiary/aromatic N) is 4. The van der Waals surface area contributed by atoms with Crippen LogP contribution in [-0.2, 0) is 11.3 Å². The molecule has 1 saturated heterocycles. The average Bonchev–Trinajstić information content (AvgIpc) is 3.35. The van der Waals surface area contributed by atoms with E-state index in [1.54, 1.807) is 24.3 Å². The van der Waals surface area contributed by atoms with Crippen molar-refractivity contribution in [3.8, 4) is 10.7 Å². The van der Waals surface area contributed by atoms with E-state index in [9.17, 15) is 4.48 Å². The molecule has 3 aromatic rings. The maximum Gasteiger partial charge on any atom is 0.166 e. The maximum atomic E-state index is 14.2. The van der Waals surface area contributed by atoms with Gasteiger partial charge in [0.15, 0.2) is 5.01 Å². The molecule has 0 amide bonds. The molecule has 1 aliphatic rings. The zero-order valence-electron chi connectivity index (χ0n) is 13.5. The molecule has 0 radical (unpaired) electrons. The summed E-state index contributed by atoms with van der Waals surface area (Å²) >= 11 is 1.36. The van der Waals surface area contributed by atoms with Gasteiger partial charge in [-0.25, -0.2) is 5.12 Å². The Morgan fingerprint density at radius 2 is 2.04 bits per heavy atom. The molecule has 0 spiro atoms. The Morgan fingerprint density at radius 1 is 1.16 bits per heavy atom. The van der Waals surface area contributed by atoms with Crippen LogP contribution in [0.15, 0.2) is 48.7 Å². The fraction of sp³-hybridized carbons (Fsp3) is 0.278. The minimum Gasteiger partial charge on any atom is -0.381 e. The third-order valence-corrected chi connectivity index (χ3v) is 5.11. The predicted octanol–water partition coefficient (Wildman–Crippen LogP) is 4.00. The number of aromatic nitrogens is 3. The number of hydrogen-bond donors (Lipinski definition) is 0. The maximum absolute atomic E-state index is 14.2. The molecule has 1 aromatic carbocycles. The molecule has 7 heteroatoms. The van der Waals surface area contributed by atoms with E-state index < -0.39 is 0 Å². The number of halogens is 1. The van der Waals surface area contributed by atoms with E-state index in [2.05, 4.69) is 21.2 Å². The van der Waals surface area contributed by atoms with Gasteiger partial charge in [-0.3, -0.25) is 4.98 Å². The van der Waals surface area contributed by atoms with Gasteiger partial charge in [-0.2, -0.15) is 0 Å². The molecular weight excluding hydrogens is 339 g/mol. The highest BCUT2D eigenvalue weighted by Crippen LogP contribution is 2.28. The van der Waals surface area contributed by atoms with Crippen LogP contribution in [0.3, 0.4) is 0 Å². The van der Waals surface area contributed by atoms with Crippen molar-refractivity contribution < 1.29 is 9.22 Å². The van der Waals surface area contributed by atoms with Crippen LogP contribution in [0.5, 0.6) is 0 Å². The van der Waals surface area contributed by atoms with Crippen LogP contribution in [0.2, 0.25) is 0 Å². The highest BCUT2D eigenvalue weighted by Gasteiger charge is 2.18. The van der Waals surface area contributed by atoms with Crippen molar-refractivity contribution in [2.75, 3.05) is 18.3 Å². The standard InChI is InChI=1S/C18H17FN4OS/c19-23(15-4-2-1-3-5-15)11-17-21-22-18(25-17)16-7-6-13(10-20-16)14-8-9-24-12-14/h1-7,10,14H,8-9,11-12H2. The Hall–Kier alpha value is -2.38. The number of pyridine rings is 1. The number of ether oxygens (including phenoxy) is 1. The van der Waals surface area contributed by atoms with E-state index in [-0.39, 0.29) is 6.54 Å². The summed E-state index contributed by atoms with van der Waals surface area (Å²) in [5.41, 5.74) is 2.45. The van der Waals surface area contributed by atoms with E-state index >= 15 is 0 Å². The smallest absolute Gasteiger partial charge is 0.166 e. The molecule has 1 unspecified atom stereocenters. The van der Waals surface area contributed by atoms with E-state index in [1.807, 2.05) is 18.3 Å². The van der Waals surface area contributed by atoms with Crippen molar-refractivity contribution in [1.29, 1.82) is 0 Å². The zero-order chi connectivity index (χ0) is 17.1. The molecular formula is C18H17FN4OS. The second kappa shape index (κ2) is 7.25. The highest BCUT2D eigenvalue weighted by molar-refractivity contribution is 7.14. The molecule has 0 saturated carbocycles. The van der Waals surface area contributed by atoms with Gasteiger partial charge in [0, 0.05) is 18.7 Å². The molecule has 3 heterocycles. The van der Waals surface area contributed by atoms with Crippen LogP contribution in [0.1, 0.15) is 22.9 Å². The summed E-state index contributed by atoms with van der Waals surface area (Å²) in [6.45, 7) is 1.64. The van der Waals surface area contributed by atoms with Gasteiger partial charge in [0.1, 0.15) is 17.2 Å². The quantitative estimate of drug-likeness (QED) is 0.647. The summed E-state index contributed by atoms with van der Waals surface area (Å²) in [6, 6.07) is 12.9. The molecule has 0 aliphatic carbocycles. The van der Waals surface area contributed by atoms with Crippen molar-refractivity contribution in [3.63, 3.8) is 0 Å². The Bertz CT molecular complexity index is 819. The van der Waals surface area contributed by atoms with Gasteiger partial charge < -0.3 is 4.74 Å². The lowest BCUT2D eigenvalue weighted by molar-refractivity contribution is 0.194. The van der Waals surface area contributed by atoms with Gasteiger partial charge >= 0.3 is 0 Å². The number of anilines is 1. The minimum atomic E-state index is 0.0686. The zero-order valence-corrected chi connectivity index (χ0v) is 14.3. The number of para-hydroxylation sites is 1. The molecule has 0 bridgehead atoms. The van der Waals surface area contributed by atoms with Gasteiger partial charge in [0.05, 0.1) is 12.3 Å². The minimum absolute atomic E-state index is 0.0686. The summed E-state index contributed by atoms with van der Waals surface area (Å²) in [7, 11) is 0. The molecule has 4 rings (SSSR count). The fourth-order valence-electron chi connectivity index (χ4n) is 2.79. The Morgan fingerprint density at radius 3 is 2.76 bits per heavy atom. The van der Waals surface area contributed by atoms with Crippen LogP contribution in [0.25, 0.3) is 10.7 Å². The predicted molar refractivity (Wildman–Crippen MR) is 95.1 cm³/mol. The lowest BCUT2D eigenvalue weighted by Gasteiger charge is -2.10. The third kappa shape index (κ3) is 3.67. The van der Waals surface area contributed by atoms with Crippen molar-refractivity contribution in [1.82, 2.24) is 15.2 Å². The Labute approximate surface area is 149 Å². The van der Waals surface area contributed by atoms with Gasteiger partial charge in [-0.05, 0) is 30.2 Å². The van der Waals surface area contributed by atoms with Crippen molar-refractivity contribution >= 4 is 17.0 Å². The topological polar surface area (TPSA) is 51.1 Å². The fourth-order valence-corrected chi connectivity index (χ4v) is 3.58. The molecule has 25 heavy (non-hydrogen) atoms. The Balaban J connectivity index is 1.45. The summed E-state index contributed by atoms with van der Waals surface area (Å²) in [4.78, 5) is 4.49. The normalized spacial score (nSPS) is 16.9. The Kier molecular flexibility index (Phi) is 4.67. The average molecular weight is 356 g/mol. The molecule has 0 N–H and O–H groups in total. The first-order valence-corrected chi connectivity index (χ1v) is 8.96. The number of hydrogen-bond acceptors (Lipinski definition) is 6. The molecule has 1 aliphatic heterocycles. The summed E-state index contributed by atoms with van der Waals surface area (Å²) in [6.07, 6.45) is 2.91. The third-order valence-electron chi connectivity index (χ3n) is 4.18. The first-order chi connectivity index (χ1) is 12.3. The summed E-state index contributed by atoms with van der Waals surface area (Å²) in [5, 5.41) is 10.2. The summed E-state index contributed by atoms with van der Waals surface area (Å²) in [5.74, 6) is 0.428. The first-order valence-electron chi connectivity index (χ1n) is 8.14. The molecule has 2 aromatic heterocycles. The van der Waals surface area contributed by atoms with Crippen LogP contribution >= 0.6 is 11.3 Å². The monoisotopic (exact) mass is 356 g/mol. The van der Waals surface area contributed by atoms with Gasteiger partial charge in [0.2, 0.25) is 0 Å². The molecule has 5 nitrogen and oxygen atoms in total. The van der Waals surface area contributed by atoms with Gasteiger partial charge in [0.25, 0.3) is 0 Å². The largest absolute Gasteiger partial charge is 0.381 e. The van der Waals surface area contributed by atoms with Crippen LogP contribution in [0, 0.1) is 0 Å². The highest BCUT2D eigenvalue weighted by atomic mass is 32.1. The van der Waals surface area contributed by atoms with E-state index in [0.717, 1.165) is 25.3 Å². The van der Waals surface area contributed by atoms with Crippen LogP contribution in [0.4, 0.5) is 10.2 Å². The lowest BCUT2D eigenvalue weighted by Crippen LogP contribution is -2.10. The van der Waals surface area contributed by atoms with Crippen molar-refractivity contribution in [2.45, 2.75) is 18.9 Å². The second-order valence-corrected chi connectivity index (χ2v) is 6.96. The van der Waals surface area contributed by atoms with E-state index in [4.69, 9.17) is 4.74 Å². The van der Waals surface area contributed by atoms with Crippen LogP contribution in [-0.4, -0.2) is 28.4 Å². The van der Waals surface area contributed by atoms with Crippen LogP contribution < -0.4 is 5.12 Å². The van der Waals surface area contributed by atoms with Gasteiger partial charge in [-0.1, -0.05) is 40.1 Å². The second-order valence-electron chi connectivity index (χ2n) is 5.89. The molecule has 1 atom stereocenters.